The van der Waals surface area contributed by atoms with E-state index in [1.54, 1.807) is 34.1 Å². The van der Waals surface area contributed by atoms with Crippen molar-refractivity contribution in [3.63, 3.8) is 0 Å². The molecule has 0 spiro atoms. The number of carbonyl (C=O) groups is 4. The molecule has 2 saturated heterocycles. The number of benzene rings is 2. The maximum absolute atomic E-state index is 14.6. The van der Waals surface area contributed by atoms with Crippen LogP contribution in [-0.4, -0.2) is 85.5 Å². The van der Waals surface area contributed by atoms with E-state index in [1.165, 1.54) is 24.0 Å². The Morgan fingerprint density at radius 2 is 1.70 bits per heavy atom. The molecule has 0 bridgehead atoms. The molecule has 6 rings (SSSR count). The van der Waals surface area contributed by atoms with Gasteiger partial charge < -0.3 is 34.8 Å². The molecule has 50 heavy (non-hydrogen) atoms. The molecular formula is C34H39ClF2N5O7P. The van der Waals surface area contributed by atoms with Crippen molar-refractivity contribution < 1.29 is 42.3 Å². The third-order valence-electron chi connectivity index (χ3n) is 10.1. The number of hydrogen-bond acceptors (Lipinski definition) is 5. The molecule has 0 unspecified atom stereocenters. The zero-order valence-electron chi connectivity index (χ0n) is 27.4. The lowest BCUT2D eigenvalue weighted by Crippen LogP contribution is -2.61. The number of nitrogens with one attached hydrogen (secondary N) is 2. The van der Waals surface area contributed by atoms with Crippen molar-refractivity contribution in [3.05, 3.63) is 64.8 Å². The Hall–Kier alpha value is -3.84. The van der Waals surface area contributed by atoms with Gasteiger partial charge in [0.1, 0.15) is 17.8 Å². The summed E-state index contributed by atoms with van der Waals surface area (Å²) in [6.07, 6.45) is 6.11. The van der Waals surface area contributed by atoms with Crippen LogP contribution in [0.4, 0.5) is 14.5 Å². The smallest absolute Gasteiger partial charge is 0.351 e. The molecular weight excluding hydrogens is 695 g/mol. The summed E-state index contributed by atoms with van der Waals surface area (Å²) in [6, 6.07) is 8.79. The molecule has 2 aromatic carbocycles. The van der Waals surface area contributed by atoms with Crippen LogP contribution in [0.2, 0.25) is 5.02 Å². The minimum absolute atomic E-state index is 0.0470. The molecule has 12 nitrogen and oxygen atoms in total. The van der Waals surface area contributed by atoms with Gasteiger partial charge in [0, 0.05) is 59.3 Å². The highest BCUT2D eigenvalue weighted by Gasteiger charge is 2.51. The average molecular weight is 734 g/mol. The highest BCUT2D eigenvalue weighted by molar-refractivity contribution is 7.52. The third-order valence-corrected chi connectivity index (χ3v) is 11.3. The minimum atomic E-state index is -5.82. The largest absolute Gasteiger partial charge is 0.399 e. The van der Waals surface area contributed by atoms with Crippen molar-refractivity contribution in [3.8, 4) is 0 Å². The van der Waals surface area contributed by atoms with E-state index >= 15 is 0 Å². The van der Waals surface area contributed by atoms with Crippen LogP contribution in [0, 0.1) is 0 Å². The molecule has 3 aromatic rings. The first-order valence-electron chi connectivity index (χ1n) is 16.7. The van der Waals surface area contributed by atoms with Crippen LogP contribution in [0.15, 0.2) is 48.5 Å². The summed E-state index contributed by atoms with van der Waals surface area (Å²) in [7, 11) is -5.82. The normalized spacial score (nSPS) is 22.2. The molecule has 1 aromatic heterocycles. The topological polar surface area (TPSA) is 163 Å². The fourth-order valence-corrected chi connectivity index (χ4v) is 8.08. The molecule has 4 amide bonds. The van der Waals surface area contributed by atoms with Crippen molar-refractivity contribution in [1.29, 1.82) is 0 Å². The van der Waals surface area contributed by atoms with Crippen LogP contribution >= 0.6 is 19.2 Å². The second-order valence-corrected chi connectivity index (χ2v) is 15.4. The molecule has 0 radical (unpaired) electrons. The van der Waals surface area contributed by atoms with E-state index < -0.39 is 42.7 Å². The highest BCUT2D eigenvalue weighted by Crippen LogP contribution is 2.59. The number of carbonyl (C=O) groups excluding carboxylic acids is 4. The number of aromatic nitrogens is 1. The number of amides is 4. The van der Waals surface area contributed by atoms with Gasteiger partial charge in [-0.15, -0.1) is 0 Å². The van der Waals surface area contributed by atoms with Crippen molar-refractivity contribution in [2.24, 2.45) is 0 Å². The zero-order valence-corrected chi connectivity index (χ0v) is 29.0. The van der Waals surface area contributed by atoms with E-state index in [2.05, 4.69) is 10.3 Å². The van der Waals surface area contributed by atoms with E-state index in [-0.39, 0.29) is 47.0 Å². The molecule has 3 atom stereocenters. The van der Waals surface area contributed by atoms with Crippen LogP contribution in [0.3, 0.4) is 0 Å². The standard InChI is InChI=1S/C34H39ClF2N5O7P/c1-20(43)40-16-15-26-12-14-30(33(46)41(24-5-3-2-4-6-24)25-10-8-23(35)9-11-25)42(26)32(45)29(19-40)39-31(44)28-18-21-17-22(7-13-27(21)38-28)34(36,37)50(47,48)49/h7-11,13,17-18,24,26,29-30,38H,2-6,12,14-16,19H2,1H3,(H,39,44)(H2,47,48,49)/t26-,29+,30+/m1/s1. The quantitative estimate of drug-likeness (QED) is 0.245. The van der Waals surface area contributed by atoms with Gasteiger partial charge >= 0.3 is 13.3 Å². The lowest BCUT2D eigenvalue weighted by molar-refractivity contribution is -0.144. The first kappa shape index (κ1) is 36.0. The van der Waals surface area contributed by atoms with Gasteiger partial charge in [-0.3, -0.25) is 23.7 Å². The van der Waals surface area contributed by atoms with E-state index in [9.17, 15) is 32.5 Å². The van der Waals surface area contributed by atoms with Gasteiger partial charge in [0.2, 0.25) is 17.7 Å². The summed E-state index contributed by atoms with van der Waals surface area (Å²) < 4.78 is 40.2. The van der Waals surface area contributed by atoms with Crippen molar-refractivity contribution in [1.82, 2.24) is 20.1 Å². The molecule has 3 fully saturated rings. The van der Waals surface area contributed by atoms with Crippen LogP contribution in [0.1, 0.15) is 74.3 Å². The van der Waals surface area contributed by atoms with Crippen LogP contribution in [0.5, 0.6) is 0 Å². The lowest BCUT2D eigenvalue weighted by atomic mass is 9.93. The average Bonchev–Trinajstić information content (AvgIpc) is 3.70. The summed E-state index contributed by atoms with van der Waals surface area (Å²) >= 11 is 6.17. The summed E-state index contributed by atoms with van der Waals surface area (Å²) in [4.78, 5) is 81.2. The van der Waals surface area contributed by atoms with Crippen molar-refractivity contribution in [2.75, 3.05) is 18.0 Å². The van der Waals surface area contributed by atoms with Gasteiger partial charge in [-0.05, 0) is 74.6 Å². The summed E-state index contributed by atoms with van der Waals surface area (Å²) in [5.41, 5.74) is -4.53. The monoisotopic (exact) mass is 733 g/mol. The second-order valence-electron chi connectivity index (χ2n) is 13.3. The molecule has 1 aliphatic carbocycles. The van der Waals surface area contributed by atoms with Crippen LogP contribution in [0.25, 0.3) is 10.9 Å². The second kappa shape index (κ2) is 14.1. The maximum atomic E-state index is 14.6. The Labute approximate surface area is 292 Å². The van der Waals surface area contributed by atoms with E-state index in [0.717, 1.165) is 44.2 Å². The van der Waals surface area contributed by atoms with E-state index in [4.69, 9.17) is 21.4 Å². The number of halogens is 3. The number of H-pyrrole nitrogens is 1. The zero-order chi connectivity index (χ0) is 36.0. The number of anilines is 1. The number of alkyl halides is 2. The van der Waals surface area contributed by atoms with Gasteiger partial charge in [-0.2, -0.15) is 8.78 Å². The fourth-order valence-electron chi connectivity index (χ4n) is 7.48. The number of rotatable bonds is 7. The van der Waals surface area contributed by atoms with Crippen molar-refractivity contribution >= 4 is 59.4 Å². The lowest BCUT2D eigenvalue weighted by Gasteiger charge is -2.41. The molecule has 16 heteroatoms. The summed E-state index contributed by atoms with van der Waals surface area (Å²) in [6.45, 7) is 1.54. The third kappa shape index (κ3) is 7.03. The van der Waals surface area contributed by atoms with Crippen LogP contribution in [-0.2, 0) is 24.6 Å². The first-order valence-corrected chi connectivity index (χ1v) is 18.7. The Bertz CT molecular complexity index is 1840. The summed E-state index contributed by atoms with van der Waals surface area (Å²) in [5, 5.41) is 3.33. The van der Waals surface area contributed by atoms with E-state index in [0.29, 0.717) is 36.5 Å². The molecule has 3 heterocycles. The Kier molecular flexibility index (Phi) is 10.1. The van der Waals surface area contributed by atoms with Crippen LogP contribution < -0.4 is 10.2 Å². The van der Waals surface area contributed by atoms with Gasteiger partial charge in [0.15, 0.2) is 0 Å². The fraction of sp³-hybridized carbons (Fsp3) is 0.471. The highest BCUT2D eigenvalue weighted by atomic mass is 35.5. The maximum Gasteiger partial charge on any atom is 0.399 e. The first-order chi connectivity index (χ1) is 23.7. The Morgan fingerprint density at radius 3 is 2.36 bits per heavy atom. The molecule has 4 N–H and O–H groups in total. The number of fused-ring (bicyclic) bond motifs is 2. The Balaban J connectivity index is 1.29. The van der Waals surface area contributed by atoms with Gasteiger partial charge in [-0.25, -0.2) is 0 Å². The molecule has 3 aliphatic rings. The number of hydrogen-bond donors (Lipinski definition) is 4. The minimum Gasteiger partial charge on any atom is -0.351 e. The number of aromatic amines is 1. The predicted molar refractivity (Wildman–Crippen MR) is 182 cm³/mol. The van der Waals surface area contributed by atoms with Gasteiger partial charge in [-0.1, -0.05) is 36.9 Å². The van der Waals surface area contributed by atoms with Gasteiger partial charge in [0.25, 0.3) is 5.91 Å². The SMILES string of the molecule is CC(=O)N1CC[C@H]2CC[C@@H](C(=O)N(c3ccc(Cl)cc3)C3CCCCC3)N2C(=O)[C@@H](NC(=O)c2cc3cc(C(F)(F)P(=O)(O)O)ccc3[nH]2)C1. The summed E-state index contributed by atoms with van der Waals surface area (Å²) in [5.74, 6) is -1.77. The molecule has 1 saturated carbocycles. The Morgan fingerprint density at radius 1 is 1.00 bits per heavy atom. The molecule has 2 aliphatic heterocycles. The predicted octanol–water partition coefficient (Wildman–Crippen LogP) is 5.12. The van der Waals surface area contributed by atoms with Crippen molar-refractivity contribution in [2.45, 2.75) is 88.1 Å². The molecule has 268 valence electrons. The van der Waals surface area contributed by atoms with Gasteiger partial charge in [0.05, 0.1) is 0 Å². The van der Waals surface area contributed by atoms with E-state index in [1.807, 2.05) is 0 Å². The number of nitrogens with zero attached hydrogens (tertiary/aromatic N) is 3.